The van der Waals surface area contributed by atoms with Crippen molar-refractivity contribution >= 4 is 5.91 Å². The largest absolute Gasteiger partial charge is 0.390 e. The summed E-state index contributed by atoms with van der Waals surface area (Å²) in [7, 11) is 0. The van der Waals surface area contributed by atoms with Gasteiger partial charge in [-0.25, -0.2) is 0 Å². The van der Waals surface area contributed by atoms with Crippen molar-refractivity contribution in [2.45, 2.75) is 58.5 Å². The maximum atomic E-state index is 11.6. The summed E-state index contributed by atoms with van der Waals surface area (Å²) in [5.74, 6) is 1.79. The van der Waals surface area contributed by atoms with Crippen LogP contribution in [0.4, 0.5) is 0 Å². The molecule has 1 N–H and O–H groups in total. The minimum Gasteiger partial charge on any atom is -0.390 e. The van der Waals surface area contributed by atoms with Crippen LogP contribution in [0.25, 0.3) is 0 Å². The predicted molar refractivity (Wildman–Crippen MR) is 85.1 cm³/mol. The molecular weight excluding hydrogens is 264 g/mol. The van der Waals surface area contributed by atoms with Crippen LogP contribution in [0.1, 0.15) is 52.4 Å². The van der Waals surface area contributed by atoms with Crippen molar-refractivity contribution in [3.8, 4) is 0 Å². The highest BCUT2D eigenvalue weighted by atomic mass is 16.3. The lowest BCUT2D eigenvalue weighted by Crippen LogP contribution is -2.44. The Hall–Kier alpha value is -0.610. The number of piperidine rings is 1. The van der Waals surface area contributed by atoms with E-state index in [1.807, 2.05) is 4.90 Å². The molecule has 0 spiro atoms. The highest BCUT2D eigenvalue weighted by Gasteiger charge is 2.25. The van der Waals surface area contributed by atoms with Gasteiger partial charge in [-0.05, 0) is 44.1 Å². The van der Waals surface area contributed by atoms with Gasteiger partial charge in [-0.2, -0.15) is 0 Å². The summed E-state index contributed by atoms with van der Waals surface area (Å²) in [5.41, 5.74) is 0. The maximum absolute atomic E-state index is 11.6. The Bertz CT molecular complexity index is 333. The third kappa shape index (κ3) is 5.59. The van der Waals surface area contributed by atoms with E-state index >= 15 is 0 Å². The van der Waals surface area contributed by atoms with Crippen LogP contribution in [-0.4, -0.2) is 59.6 Å². The van der Waals surface area contributed by atoms with E-state index in [-0.39, 0.29) is 5.91 Å². The molecule has 4 heteroatoms. The van der Waals surface area contributed by atoms with Gasteiger partial charge in [0.25, 0.3) is 0 Å². The molecule has 0 aliphatic carbocycles. The van der Waals surface area contributed by atoms with Crippen LogP contribution in [-0.2, 0) is 4.79 Å². The zero-order valence-corrected chi connectivity index (χ0v) is 13.8. The summed E-state index contributed by atoms with van der Waals surface area (Å²) < 4.78 is 0. The van der Waals surface area contributed by atoms with Gasteiger partial charge in [-0.3, -0.25) is 4.79 Å². The van der Waals surface area contributed by atoms with Gasteiger partial charge in [-0.1, -0.05) is 20.3 Å². The van der Waals surface area contributed by atoms with Crippen LogP contribution < -0.4 is 0 Å². The molecular formula is C17H32N2O2. The lowest BCUT2D eigenvalue weighted by Gasteiger charge is -2.35. The number of carbonyl (C=O) groups excluding carboxylic acids is 1. The van der Waals surface area contributed by atoms with E-state index in [9.17, 15) is 9.90 Å². The van der Waals surface area contributed by atoms with Gasteiger partial charge in [0.2, 0.25) is 5.91 Å². The van der Waals surface area contributed by atoms with Gasteiger partial charge in [-0.15, -0.1) is 0 Å². The van der Waals surface area contributed by atoms with Gasteiger partial charge in [0, 0.05) is 32.6 Å². The average molecular weight is 296 g/mol. The predicted octanol–water partition coefficient (Wildman–Crippen LogP) is 2.12. The normalized spacial score (nSPS) is 25.8. The number of carbonyl (C=O) groups is 1. The first-order valence-corrected chi connectivity index (χ1v) is 8.72. The van der Waals surface area contributed by atoms with E-state index in [0.29, 0.717) is 13.0 Å². The van der Waals surface area contributed by atoms with Crippen molar-refractivity contribution in [1.82, 2.24) is 9.80 Å². The summed E-state index contributed by atoms with van der Waals surface area (Å²) in [6, 6.07) is 0. The summed E-state index contributed by atoms with van der Waals surface area (Å²) in [4.78, 5) is 15.8. The monoisotopic (exact) mass is 296 g/mol. The highest BCUT2D eigenvalue weighted by Crippen LogP contribution is 2.23. The molecule has 2 saturated heterocycles. The van der Waals surface area contributed by atoms with Crippen molar-refractivity contribution < 1.29 is 9.90 Å². The molecule has 2 unspecified atom stereocenters. The molecule has 2 aliphatic heterocycles. The molecule has 122 valence electrons. The van der Waals surface area contributed by atoms with Crippen LogP contribution in [0.5, 0.6) is 0 Å². The Balaban J connectivity index is 1.70. The Kier molecular flexibility index (Phi) is 6.49. The van der Waals surface area contributed by atoms with Crippen molar-refractivity contribution in [3.63, 3.8) is 0 Å². The third-order valence-corrected chi connectivity index (χ3v) is 4.83. The zero-order valence-electron chi connectivity index (χ0n) is 13.8. The second-order valence-corrected chi connectivity index (χ2v) is 7.34. The van der Waals surface area contributed by atoms with E-state index < -0.39 is 6.10 Å². The van der Waals surface area contributed by atoms with Crippen molar-refractivity contribution in [2.24, 2.45) is 11.8 Å². The second-order valence-electron chi connectivity index (χ2n) is 7.34. The Labute approximate surface area is 129 Å². The molecule has 2 atom stereocenters. The molecule has 0 aromatic heterocycles. The number of likely N-dealkylation sites (tertiary alicyclic amines) is 2. The van der Waals surface area contributed by atoms with E-state index in [2.05, 4.69) is 18.7 Å². The first-order valence-electron chi connectivity index (χ1n) is 8.72. The molecule has 2 aliphatic rings. The lowest BCUT2D eigenvalue weighted by molar-refractivity contribution is -0.129. The molecule has 4 nitrogen and oxygen atoms in total. The van der Waals surface area contributed by atoms with Crippen molar-refractivity contribution in [1.29, 1.82) is 0 Å². The summed E-state index contributed by atoms with van der Waals surface area (Å²) in [6.45, 7) is 8.87. The Morgan fingerprint density at radius 2 is 2.05 bits per heavy atom. The van der Waals surface area contributed by atoms with E-state index in [1.165, 1.54) is 25.7 Å². The number of aliphatic hydroxyl groups excluding tert-OH is 1. The Morgan fingerprint density at radius 3 is 2.71 bits per heavy atom. The smallest absolute Gasteiger partial charge is 0.222 e. The number of β-amino-alcohol motifs (C(OH)–C–C–N with tert-alkyl or cyclic N) is 1. The minimum absolute atomic E-state index is 0.211. The lowest BCUT2D eigenvalue weighted by atomic mass is 9.90. The van der Waals surface area contributed by atoms with Gasteiger partial charge >= 0.3 is 0 Å². The first-order chi connectivity index (χ1) is 10.0. The number of hydrogen-bond donors (Lipinski definition) is 1. The van der Waals surface area contributed by atoms with Crippen molar-refractivity contribution in [2.75, 3.05) is 32.7 Å². The van der Waals surface area contributed by atoms with Gasteiger partial charge in [0.05, 0.1) is 6.10 Å². The topological polar surface area (TPSA) is 43.8 Å². The quantitative estimate of drug-likeness (QED) is 0.782. The molecule has 21 heavy (non-hydrogen) atoms. The second kappa shape index (κ2) is 8.14. The molecule has 2 rings (SSSR count). The van der Waals surface area contributed by atoms with Crippen molar-refractivity contribution in [3.05, 3.63) is 0 Å². The van der Waals surface area contributed by atoms with Crippen LogP contribution in [0.3, 0.4) is 0 Å². The molecule has 2 heterocycles. The van der Waals surface area contributed by atoms with E-state index in [1.54, 1.807) is 0 Å². The number of rotatable bonds is 7. The first kappa shape index (κ1) is 16.8. The fraction of sp³-hybridized carbons (Fsp3) is 0.941. The third-order valence-electron chi connectivity index (χ3n) is 4.83. The van der Waals surface area contributed by atoms with Crippen LogP contribution in [0, 0.1) is 11.8 Å². The van der Waals surface area contributed by atoms with Gasteiger partial charge < -0.3 is 14.9 Å². The molecule has 0 aromatic rings. The van der Waals surface area contributed by atoms with Gasteiger partial charge in [0.15, 0.2) is 0 Å². The zero-order chi connectivity index (χ0) is 15.2. The average Bonchev–Trinajstić information content (AvgIpc) is 2.82. The Morgan fingerprint density at radius 1 is 1.24 bits per heavy atom. The molecule has 1 amide bonds. The number of nitrogens with zero attached hydrogens (tertiary/aromatic N) is 2. The standard InChI is InChI=1S/C17H32N2O2/c1-14(2)7-8-15-5-3-9-18(11-15)12-16(20)13-19-10-4-6-17(19)21/h14-16,20H,3-13H2,1-2H3. The SMILES string of the molecule is CC(C)CCC1CCCN(CC(O)CN2CCCC2=O)C1. The number of hydrogen-bond acceptors (Lipinski definition) is 3. The molecule has 0 saturated carbocycles. The molecule has 2 fully saturated rings. The molecule has 0 radical (unpaired) electrons. The van der Waals surface area contributed by atoms with Gasteiger partial charge in [0.1, 0.15) is 0 Å². The number of aliphatic hydroxyl groups is 1. The number of amides is 1. The van der Waals surface area contributed by atoms with E-state index in [4.69, 9.17) is 0 Å². The summed E-state index contributed by atoms with van der Waals surface area (Å²) in [5, 5.41) is 10.2. The maximum Gasteiger partial charge on any atom is 0.222 e. The van der Waals surface area contributed by atoms with Crippen LogP contribution >= 0.6 is 0 Å². The molecule has 0 aromatic carbocycles. The minimum atomic E-state index is -0.393. The fourth-order valence-electron chi connectivity index (χ4n) is 3.63. The fourth-order valence-corrected chi connectivity index (χ4v) is 3.63. The molecule has 0 bridgehead atoms. The van der Waals surface area contributed by atoms with Crippen LogP contribution in [0.2, 0.25) is 0 Å². The van der Waals surface area contributed by atoms with Crippen LogP contribution in [0.15, 0.2) is 0 Å². The van der Waals surface area contributed by atoms with E-state index in [0.717, 1.165) is 44.4 Å². The highest BCUT2D eigenvalue weighted by molar-refractivity contribution is 5.78. The summed E-state index contributed by atoms with van der Waals surface area (Å²) >= 11 is 0. The summed E-state index contributed by atoms with van der Waals surface area (Å²) in [6.07, 6.45) is 6.43.